The van der Waals surface area contributed by atoms with E-state index in [1.807, 2.05) is 6.07 Å². The van der Waals surface area contributed by atoms with Crippen molar-refractivity contribution in [3.8, 4) is 0 Å². The van der Waals surface area contributed by atoms with E-state index in [1.165, 1.54) is 0 Å². The highest BCUT2D eigenvalue weighted by atomic mass is 127. The van der Waals surface area contributed by atoms with Crippen LogP contribution in [0.1, 0.15) is 82.5 Å². The Balaban J connectivity index is 0.00000392. The normalized spacial score (nSPS) is 12.2. The molecule has 158 valence electrons. The molecule has 0 radical (unpaired) electrons. The summed E-state index contributed by atoms with van der Waals surface area (Å²) in [5.41, 5.74) is 2.23. The maximum atomic E-state index is 5.46. The monoisotopic (exact) mass is 519 g/mol. The zero-order chi connectivity index (χ0) is 19.9. The molecule has 2 N–H and O–H groups in total. The standard InChI is InChI=1S/C20H33N5OS.HI/c1-7-14(8-2)16-10-15(26-25-16)11-22-19(21-9-3)23-12-18-24-17(13-27-18)20(4,5)6;/h10,13-14H,7-9,11-12H2,1-6H3,(H2,21,22,23);1H. The summed E-state index contributed by atoms with van der Waals surface area (Å²) in [6.07, 6.45) is 2.14. The number of halogens is 1. The second kappa shape index (κ2) is 11.7. The molecular weight excluding hydrogens is 485 g/mol. The third-order valence-corrected chi connectivity index (χ3v) is 5.29. The molecule has 6 nitrogen and oxygen atoms in total. The van der Waals surface area contributed by atoms with Crippen LogP contribution in [0.2, 0.25) is 0 Å². The Kier molecular flexibility index (Phi) is 10.4. The number of rotatable bonds is 8. The molecule has 2 aromatic rings. The number of aliphatic imine (C=N–C) groups is 1. The smallest absolute Gasteiger partial charge is 0.192 e. The molecule has 0 saturated heterocycles. The first-order chi connectivity index (χ1) is 12.9. The van der Waals surface area contributed by atoms with E-state index in [0.29, 0.717) is 19.0 Å². The zero-order valence-corrected chi connectivity index (χ0v) is 21.0. The summed E-state index contributed by atoms with van der Waals surface area (Å²) < 4.78 is 5.46. The van der Waals surface area contributed by atoms with Gasteiger partial charge in [-0.25, -0.2) is 9.98 Å². The molecule has 0 aliphatic carbocycles. The lowest BCUT2D eigenvalue weighted by Crippen LogP contribution is -2.36. The van der Waals surface area contributed by atoms with Gasteiger partial charge in [-0.15, -0.1) is 35.3 Å². The van der Waals surface area contributed by atoms with Crippen molar-refractivity contribution in [1.29, 1.82) is 0 Å². The zero-order valence-electron chi connectivity index (χ0n) is 17.8. The Morgan fingerprint density at radius 1 is 1.21 bits per heavy atom. The van der Waals surface area contributed by atoms with Crippen LogP contribution < -0.4 is 10.6 Å². The molecule has 0 aliphatic rings. The van der Waals surface area contributed by atoms with Gasteiger partial charge >= 0.3 is 0 Å². The Labute approximate surface area is 190 Å². The molecule has 0 aromatic carbocycles. The number of hydrogen-bond donors (Lipinski definition) is 2. The topological polar surface area (TPSA) is 75.3 Å². The molecule has 0 atom stereocenters. The molecule has 2 heterocycles. The maximum absolute atomic E-state index is 5.46. The fraction of sp³-hybridized carbons (Fsp3) is 0.650. The van der Waals surface area contributed by atoms with E-state index in [9.17, 15) is 0 Å². The van der Waals surface area contributed by atoms with Crippen molar-refractivity contribution in [2.75, 3.05) is 6.54 Å². The van der Waals surface area contributed by atoms with Gasteiger partial charge < -0.3 is 15.2 Å². The molecule has 0 bridgehead atoms. The average Bonchev–Trinajstić information content (AvgIpc) is 3.28. The van der Waals surface area contributed by atoms with Crippen molar-refractivity contribution in [2.45, 2.75) is 78.8 Å². The number of aromatic nitrogens is 2. The minimum Gasteiger partial charge on any atom is -0.359 e. The van der Waals surface area contributed by atoms with Crippen molar-refractivity contribution in [3.05, 3.63) is 33.6 Å². The summed E-state index contributed by atoms with van der Waals surface area (Å²) in [5.74, 6) is 2.00. The molecule has 2 aromatic heterocycles. The molecule has 28 heavy (non-hydrogen) atoms. The second-order valence-corrected chi connectivity index (χ2v) is 8.60. The predicted octanol–water partition coefficient (Wildman–Crippen LogP) is 5.21. The summed E-state index contributed by atoms with van der Waals surface area (Å²) in [6, 6.07) is 2.03. The van der Waals surface area contributed by atoms with E-state index in [2.05, 4.69) is 67.7 Å². The van der Waals surface area contributed by atoms with E-state index >= 15 is 0 Å². The highest BCUT2D eigenvalue weighted by Crippen LogP contribution is 2.24. The number of guanidine groups is 1. The van der Waals surface area contributed by atoms with Crippen LogP contribution in [0.4, 0.5) is 0 Å². The fourth-order valence-corrected chi connectivity index (χ4v) is 3.66. The van der Waals surface area contributed by atoms with Gasteiger partial charge in [0.15, 0.2) is 11.7 Å². The highest BCUT2D eigenvalue weighted by Gasteiger charge is 2.17. The van der Waals surface area contributed by atoms with Gasteiger partial charge in [0.05, 0.1) is 17.9 Å². The van der Waals surface area contributed by atoms with Crippen LogP contribution in [0.5, 0.6) is 0 Å². The average molecular weight is 519 g/mol. The van der Waals surface area contributed by atoms with E-state index in [1.54, 1.807) is 11.3 Å². The number of nitrogens with one attached hydrogen (secondary N) is 2. The number of nitrogens with zero attached hydrogens (tertiary/aromatic N) is 3. The van der Waals surface area contributed by atoms with Crippen molar-refractivity contribution in [3.63, 3.8) is 0 Å². The molecule has 0 fully saturated rings. The first-order valence-electron chi connectivity index (χ1n) is 9.79. The van der Waals surface area contributed by atoms with Crippen LogP contribution in [0.3, 0.4) is 0 Å². The molecule has 0 amide bonds. The lowest BCUT2D eigenvalue weighted by atomic mass is 9.93. The Morgan fingerprint density at radius 2 is 1.93 bits per heavy atom. The summed E-state index contributed by atoms with van der Waals surface area (Å²) in [7, 11) is 0. The SMILES string of the molecule is CCNC(=NCc1cc(C(CC)CC)no1)NCc1nc(C(C)(C)C)cs1.I. The third kappa shape index (κ3) is 7.35. The first-order valence-corrected chi connectivity index (χ1v) is 10.7. The predicted molar refractivity (Wildman–Crippen MR) is 128 cm³/mol. The van der Waals surface area contributed by atoms with Gasteiger partial charge in [0, 0.05) is 29.3 Å². The molecule has 0 aliphatic heterocycles. The quantitative estimate of drug-likeness (QED) is 0.285. The fourth-order valence-electron chi connectivity index (χ4n) is 2.70. The van der Waals surface area contributed by atoms with Gasteiger partial charge in [-0.2, -0.15) is 0 Å². The van der Waals surface area contributed by atoms with E-state index in [-0.39, 0.29) is 29.4 Å². The minimum absolute atomic E-state index is 0. The molecule has 0 unspecified atom stereocenters. The van der Waals surface area contributed by atoms with Crippen molar-refractivity contribution in [1.82, 2.24) is 20.8 Å². The van der Waals surface area contributed by atoms with Crippen molar-refractivity contribution in [2.24, 2.45) is 4.99 Å². The third-order valence-electron chi connectivity index (χ3n) is 4.45. The van der Waals surface area contributed by atoms with Crippen LogP contribution in [-0.2, 0) is 18.5 Å². The number of thiazole rings is 1. The van der Waals surface area contributed by atoms with Crippen molar-refractivity contribution >= 4 is 41.3 Å². The molecule has 0 spiro atoms. The second-order valence-electron chi connectivity index (χ2n) is 7.66. The lowest BCUT2D eigenvalue weighted by Gasteiger charge is -2.14. The van der Waals surface area contributed by atoms with E-state index in [4.69, 9.17) is 9.51 Å². The molecular formula is C20H34IN5OS. The Bertz CT molecular complexity index is 731. The highest BCUT2D eigenvalue weighted by molar-refractivity contribution is 14.0. The molecule has 0 saturated carbocycles. The van der Waals surface area contributed by atoms with Crippen molar-refractivity contribution < 1.29 is 4.52 Å². The van der Waals surface area contributed by atoms with Gasteiger partial charge in [-0.1, -0.05) is 39.8 Å². The van der Waals surface area contributed by atoms with Crippen LogP contribution in [-0.4, -0.2) is 22.6 Å². The van der Waals surface area contributed by atoms with Gasteiger partial charge in [0.25, 0.3) is 0 Å². The van der Waals surface area contributed by atoms with Crippen LogP contribution in [0.15, 0.2) is 21.0 Å². The first kappa shape index (κ1) is 24.9. The Hall–Kier alpha value is -1.16. The molecule has 8 heteroatoms. The largest absolute Gasteiger partial charge is 0.359 e. The molecule has 2 rings (SSSR count). The summed E-state index contributed by atoms with van der Waals surface area (Å²) >= 11 is 1.68. The minimum atomic E-state index is 0. The summed E-state index contributed by atoms with van der Waals surface area (Å²) in [6.45, 7) is 14.9. The Morgan fingerprint density at radius 3 is 2.50 bits per heavy atom. The van der Waals surface area contributed by atoms with Gasteiger partial charge in [0.2, 0.25) is 0 Å². The van der Waals surface area contributed by atoms with Crippen LogP contribution in [0, 0.1) is 0 Å². The van der Waals surface area contributed by atoms with Crippen LogP contribution >= 0.6 is 35.3 Å². The number of hydrogen-bond acceptors (Lipinski definition) is 5. The van der Waals surface area contributed by atoms with Gasteiger partial charge in [-0.3, -0.25) is 0 Å². The van der Waals surface area contributed by atoms with Gasteiger partial charge in [0.1, 0.15) is 11.6 Å². The summed E-state index contributed by atoms with van der Waals surface area (Å²) in [4.78, 5) is 9.33. The lowest BCUT2D eigenvalue weighted by molar-refractivity contribution is 0.372. The van der Waals surface area contributed by atoms with E-state index in [0.717, 1.165) is 47.5 Å². The maximum Gasteiger partial charge on any atom is 0.192 e. The van der Waals surface area contributed by atoms with Gasteiger partial charge in [-0.05, 0) is 19.8 Å². The summed E-state index contributed by atoms with van der Waals surface area (Å²) in [5, 5.41) is 14.0. The van der Waals surface area contributed by atoms with Crippen LogP contribution in [0.25, 0.3) is 0 Å². The van der Waals surface area contributed by atoms with E-state index < -0.39 is 0 Å².